The van der Waals surface area contributed by atoms with E-state index >= 15 is 0 Å². The lowest BCUT2D eigenvalue weighted by Crippen LogP contribution is -2.29. The van der Waals surface area contributed by atoms with E-state index in [1.807, 2.05) is 26.1 Å². The number of likely N-dealkylation sites (N-methyl/N-ethyl adjacent to an activating group) is 1. The molecule has 38 heavy (non-hydrogen) atoms. The first kappa shape index (κ1) is 32.2. The molecule has 0 aliphatic carbocycles. The lowest BCUT2D eigenvalue weighted by Gasteiger charge is -2.41. The normalized spacial score (nSPS) is 15.8. The molecule has 2 rings (SSSR count). The lowest BCUT2D eigenvalue weighted by molar-refractivity contribution is -0.0647. The zero-order chi connectivity index (χ0) is 28.5. The summed E-state index contributed by atoms with van der Waals surface area (Å²) in [5.74, 6) is 3.24. The van der Waals surface area contributed by atoms with Gasteiger partial charge in [-0.3, -0.25) is 0 Å². The van der Waals surface area contributed by atoms with Crippen molar-refractivity contribution in [3.05, 3.63) is 59.7 Å². The minimum absolute atomic E-state index is 0.131. The summed E-state index contributed by atoms with van der Waals surface area (Å²) in [6.07, 6.45) is 3.15. The predicted molar refractivity (Wildman–Crippen MR) is 161 cm³/mol. The van der Waals surface area contributed by atoms with Crippen LogP contribution in [-0.2, 0) is 4.74 Å². The van der Waals surface area contributed by atoms with Crippen LogP contribution in [0.2, 0.25) is 0 Å². The number of aromatic hydroxyl groups is 1. The Labute approximate surface area is 233 Å². The molecular formula is C34H55NO3. The second-order valence-corrected chi connectivity index (χ2v) is 13.5. The highest BCUT2D eigenvalue weighted by Crippen LogP contribution is 2.48. The molecule has 4 unspecified atom stereocenters. The third kappa shape index (κ3) is 10.6. The number of hydrogen-bond donors (Lipinski definition) is 2. The van der Waals surface area contributed by atoms with Crippen LogP contribution in [0.3, 0.4) is 0 Å². The number of benzene rings is 2. The molecule has 0 amide bonds. The largest absolute Gasteiger partial charge is 0.508 e. The van der Waals surface area contributed by atoms with E-state index in [0.717, 1.165) is 31.6 Å². The highest BCUT2D eigenvalue weighted by Gasteiger charge is 2.35. The second-order valence-electron chi connectivity index (χ2n) is 13.5. The molecule has 214 valence electrons. The van der Waals surface area contributed by atoms with Crippen molar-refractivity contribution in [1.29, 1.82) is 0 Å². The molecule has 0 spiro atoms. The van der Waals surface area contributed by atoms with Gasteiger partial charge in [0.2, 0.25) is 0 Å². The molecule has 2 aromatic carbocycles. The van der Waals surface area contributed by atoms with Crippen molar-refractivity contribution in [2.45, 2.75) is 99.7 Å². The van der Waals surface area contributed by atoms with Gasteiger partial charge in [-0.15, -0.1) is 0 Å². The van der Waals surface area contributed by atoms with E-state index in [-0.39, 0.29) is 17.1 Å². The molecule has 0 saturated heterocycles. The molecule has 0 aromatic heterocycles. The molecule has 0 saturated carbocycles. The summed E-state index contributed by atoms with van der Waals surface area (Å²) in [5, 5.41) is 12.9. The minimum atomic E-state index is -0.271. The fourth-order valence-corrected chi connectivity index (χ4v) is 5.86. The van der Waals surface area contributed by atoms with Crippen LogP contribution in [0.15, 0.2) is 48.5 Å². The Hall–Kier alpha value is -2.04. The smallest absolute Gasteiger partial charge is 0.197 e. The third-order valence-electron chi connectivity index (χ3n) is 7.71. The summed E-state index contributed by atoms with van der Waals surface area (Å²) in [6.45, 7) is 22.3. The Kier molecular flexibility index (Phi) is 12.2. The van der Waals surface area contributed by atoms with Gasteiger partial charge in [0.25, 0.3) is 0 Å². The highest BCUT2D eigenvalue weighted by molar-refractivity contribution is 5.31. The van der Waals surface area contributed by atoms with Gasteiger partial charge in [-0.25, -0.2) is 0 Å². The van der Waals surface area contributed by atoms with E-state index in [9.17, 15) is 5.11 Å². The molecule has 2 N–H and O–H groups in total. The van der Waals surface area contributed by atoms with Crippen LogP contribution in [0.5, 0.6) is 11.5 Å². The van der Waals surface area contributed by atoms with E-state index in [1.165, 1.54) is 11.1 Å². The molecule has 2 aromatic rings. The topological polar surface area (TPSA) is 50.7 Å². The summed E-state index contributed by atoms with van der Waals surface area (Å²) < 4.78 is 11.6. The van der Waals surface area contributed by atoms with Gasteiger partial charge in [0.1, 0.15) is 11.5 Å². The molecule has 4 atom stereocenters. The van der Waals surface area contributed by atoms with E-state index < -0.39 is 0 Å². The Bertz CT molecular complexity index is 928. The zero-order valence-corrected chi connectivity index (χ0v) is 25.8. The van der Waals surface area contributed by atoms with E-state index in [1.54, 1.807) is 0 Å². The molecule has 0 radical (unpaired) electrons. The summed E-state index contributed by atoms with van der Waals surface area (Å²) in [7, 11) is 1.92. The van der Waals surface area contributed by atoms with Gasteiger partial charge in [-0.05, 0) is 103 Å². The Morgan fingerprint density at radius 2 is 1.39 bits per heavy atom. The molecule has 0 heterocycles. The van der Waals surface area contributed by atoms with Crippen LogP contribution < -0.4 is 10.1 Å². The van der Waals surface area contributed by atoms with Crippen LogP contribution in [-0.4, -0.2) is 31.6 Å². The van der Waals surface area contributed by atoms with Gasteiger partial charge in [-0.1, -0.05) is 79.7 Å². The van der Waals surface area contributed by atoms with Gasteiger partial charge < -0.3 is 19.9 Å². The first-order valence-corrected chi connectivity index (χ1v) is 14.5. The second kappa shape index (κ2) is 14.4. The number of hydrogen-bond acceptors (Lipinski definition) is 4. The first-order chi connectivity index (χ1) is 17.7. The van der Waals surface area contributed by atoms with Crippen molar-refractivity contribution in [3.8, 4) is 11.5 Å². The molecule has 0 aliphatic heterocycles. The molecule has 4 nitrogen and oxygen atoms in total. The third-order valence-corrected chi connectivity index (χ3v) is 7.71. The van der Waals surface area contributed by atoms with Gasteiger partial charge in [0.05, 0.1) is 6.61 Å². The summed E-state index contributed by atoms with van der Waals surface area (Å²) in [4.78, 5) is 0. The maximum Gasteiger partial charge on any atom is 0.197 e. The van der Waals surface area contributed by atoms with Gasteiger partial charge in [-0.2, -0.15) is 0 Å². The number of phenolic OH excluding ortho intramolecular Hbond substituents is 1. The summed E-state index contributed by atoms with van der Waals surface area (Å²) in [5.41, 5.74) is 3.07. The molecular weight excluding hydrogens is 470 g/mol. The minimum Gasteiger partial charge on any atom is -0.508 e. The number of nitrogens with one attached hydrogen (secondary N) is 1. The van der Waals surface area contributed by atoms with E-state index in [4.69, 9.17) is 9.47 Å². The van der Waals surface area contributed by atoms with Gasteiger partial charge in [0.15, 0.2) is 6.29 Å². The Balaban J connectivity index is 2.12. The Morgan fingerprint density at radius 3 is 1.92 bits per heavy atom. The molecule has 0 fully saturated rings. The maximum absolute atomic E-state index is 9.87. The molecule has 4 heteroatoms. The van der Waals surface area contributed by atoms with Crippen molar-refractivity contribution in [3.63, 3.8) is 0 Å². The SMILES string of the molecule is CNCCOC(C)Oc1ccc(C(CC(C)CC(C)(C)C(CC(C)(C)C)c2ccc(O)cc2)C(C)C)cc1. The van der Waals surface area contributed by atoms with Crippen LogP contribution in [0, 0.1) is 22.7 Å². The lowest BCUT2D eigenvalue weighted by atomic mass is 9.64. The molecule has 0 aliphatic rings. The molecule has 0 bridgehead atoms. The van der Waals surface area contributed by atoms with Crippen LogP contribution in [0.1, 0.15) is 105 Å². The van der Waals surface area contributed by atoms with Crippen LogP contribution >= 0.6 is 0 Å². The summed E-state index contributed by atoms with van der Waals surface area (Å²) in [6, 6.07) is 16.5. The van der Waals surface area contributed by atoms with Gasteiger partial charge in [0, 0.05) is 6.54 Å². The zero-order valence-electron chi connectivity index (χ0n) is 25.8. The average molecular weight is 526 g/mol. The van der Waals surface area contributed by atoms with Crippen LogP contribution in [0.25, 0.3) is 0 Å². The maximum atomic E-state index is 9.87. The summed E-state index contributed by atoms with van der Waals surface area (Å²) >= 11 is 0. The first-order valence-electron chi connectivity index (χ1n) is 14.5. The van der Waals surface area contributed by atoms with Crippen molar-refractivity contribution in [2.24, 2.45) is 22.7 Å². The number of ether oxygens (including phenoxy) is 2. The fraction of sp³-hybridized carbons (Fsp3) is 0.647. The monoisotopic (exact) mass is 525 g/mol. The fourth-order valence-electron chi connectivity index (χ4n) is 5.86. The van der Waals surface area contributed by atoms with E-state index in [2.05, 4.69) is 97.1 Å². The van der Waals surface area contributed by atoms with Crippen molar-refractivity contribution >= 4 is 0 Å². The van der Waals surface area contributed by atoms with Crippen molar-refractivity contribution in [2.75, 3.05) is 20.2 Å². The van der Waals surface area contributed by atoms with E-state index in [0.29, 0.717) is 36.0 Å². The number of phenols is 1. The predicted octanol–water partition coefficient (Wildman–Crippen LogP) is 8.76. The van der Waals surface area contributed by atoms with Gasteiger partial charge >= 0.3 is 0 Å². The highest BCUT2D eigenvalue weighted by atomic mass is 16.7. The quantitative estimate of drug-likeness (QED) is 0.180. The Morgan fingerprint density at radius 1 is 0.816 bits per heavy atom. The average Bonchev–Trinajstić information content (AvgIpc) is 2.81. The van der Waals surface area contributed by atoms with Crippen molar-refractivity contribution in [1.82, 2.24) is 5.32 Å². The van der Waals surface area contributed by atoms with Crippen molar-refractivity contribution < 1.29 is 14.6 Å². The standard InChI is InChI=1S/C34H55NO3/c1-24(2)31(27-13-17-30(18-14-27)38-26(4)37-20-19-35-10)21-25(3)22-34(8,9)32(23-33(5,6)7)28-11-15-29(36)16-12-28/h11-18,24-26,31-32,35-36H,19-23H2,1-10H3. The number of rotatable bonds is 15. The van der Waals surface area contributed by atoms with Crippen LogP contribution in [0.4, 0.5) is 0 Å².